The molecule has 0 unspecified atom stereocenters. The van der Waals surface area contributed by atoms with Crippen molar-refractivity contribution >= 4 is 35.1 Å². The molecule has 82 valence electrons. The number of alkyl halides is 2. The van der Waals surface area contributed by atoms with Crippen LogP contribution in [-0.4, -0.2) is 28.0 Å². The molecule has 0 saturated carbocycles. The zero-order valence-electron chi connectivity index (χ0n) is 7.87. The van der Waals surface area contributed by atoms with Gasteiger partial charge in [0.2, 0.25) is 4.84 Å². The molecule has 0 aromatic rings. The Morgan fingerprint density at radius 2 is 1.86 bits per heavy atom. The Kier molecular flexibility index (Phi) is 5.88. The molecular weight excluding hydrogens is 231 g/mol. The number of hydrogen-bond donors (Lipinski definition) is 1. The van der Waals surface area contributed by atoms with E-state index < -0.39 is 22.9 Å². The average molecular weight is 243 g/mol. The molecule has 1 N–H and O–H groups in total. The lowest BCUT2D eigenvalue weighted by Gasteiger charge is -2.15. The summed E-state index contributed by atoms with van der Waals surface area (Å²) >= 11 is 10.4. The molecular formula is C8H12Cl2O4. The normalized spacial score (nSPS) is 13.0. The highest BCUT2D eigenvalue weighted by Crippen LogP contribution is 2.12. The van der Waals surface area contributed by atoms with Crippen molar-refractivity contribution in [2.24, 2.45) is 5.92 Å². The summed E-state index contributed by atoms with van der Waals surface area (Å²) in [6.45, 7) is 3.64. The van der Waals surface area contributed by atoms with Gasteiger partial charge in [-0.2, -0.15) is 0 Å². The molecule has 0 rings (SSSR count). The maximum Gasteiger partial charge on any atom is 0.345 e. The van der Waals surface area contributed by atoms with Gasteiger partial charge in [0.1, 0.15) is 0 Å². The Balaban J connectivity index is 4.23. The van der Waals surface area contributed by atoms with Gasteiger partial charge in [-0.25, -0.2) is 9.59 Å². The maximum absolute atomic E-state index is 10.9. The quantitative estimate of drug-likeness (QED) is 0.591. The molecule has 0 heterocycles. The van der Waals surface area contributed by atoms with E-state index in [4.69, 9.17) is 28.3 Å². The van der Waals surface area contributed by atoms with Crippen LogP contribution in [0.5, 0.6) is 0 Å². The number of halogens is 2. The van der Waals surface area contributed by atoms with Crippen molar-refractivity contribution in [2.45, 2.75) is 31.2 Å². The molecule has 14 heavy (non-hydrogen) atoms. The average Bonchev–Trinajstić information content (AvgIpc) is 2.01. The van der Waals surface area contributed by atoms with Crippen molar-refractivity contribution in [3.05, 3.63) is 0 Å². The van der Waals surface area contributed by atoms with E-state index in [0.29, 0.717) is 0 Å². The highest BCUT2D eigenvalue weighted by molar-refractivity contribution is 6.52. The van der Waals surface area contributed by atoms with E-state index in [2.05, 4.69) is 4.74 Å². The van der Waals surface area contributed by atoms with Gasteiger partial charge in [0, 0.05) is 0 Å². The third kappa shape index (κ3) is 5.29. The van der Waals surface area contributed by atoms with E-state index >= 15 is 0 Å². The summed E-state index contributed by atoms with van der Waals surface area (Å²) in [5.74, 6) is -2.02. The number of carboxylic acids is 1. The van der Waals surface area contributed by atoms with Crippen molar-refractivity contribution in [1.29, 1.82) is 0 Å². The van der Waals surface area contributed by atoms with Crippen molar-refractivity contribution in [3.8, 4) is 0 Å². The second-order valence-electron chi connectivity index (χ2n) is 3.19. The first-order chi connectivity index (χ1) is 6.34. The Bertz CT molecular complexity index is 215. The number of carbonyl (C=O) groups excluding carboxylic acids is 1. The minimum Gasteiger partial charge on any atom is -0.479 e. The van der Waals surface area contributed by atoms with Gasteiger partial charge in [0.15, 0.2) is 6.10 Å². The van der Waals surface area contributed by atoms with Crippen LogP contribution in [0.4, 0.5) is 0 Å². The van der Waals surface area contributed by atoms with Crippen LogP contribution in [-0.2, 0) is 14.3 Å². The van der Waals surface area contributed by atoms with Crippen LogP contribution in [0.3, 0.4) is 0 Å². The Morgan fingerprint density at radius 3 is 2.14 bits per heavy atom. The van der Waals surface area contributed by atoms with E-state index in [0.717, 1.165) is 0 Å². The predicted molar refractivity (Wildman–Crippen MR) is 52.5 cm³/mol. The first-order valence-corrected chi connectivity index (χ1v) is 4.93. The molecule has 4 nitrogen and oxygen atoms in total. The van der Waals surface area contributed by atoms with Crippen LogP contribution in [0.2, 0.25) is 0 Å². The monoisotopic (exact) mass is 242 g/mol. The second kappa shape index (κ2) is 6.09. The number of ether oxygens (including phenoxy) is 1. The van der Waals surface area contributed by atoms with Crippen molar-refractivity contribution in [3.63, 3.8) is 0 Å². The summed E-state index contributed by atoms with van der Waals surface area (Å²) < 4.78 is 4.58. The zero-order chi connectivity index (χ0) is 11.3. The van der Waals surface area contributed by atoms with Crippen molar-refractivity contribution < 1.29 is 19.4 Å². The SMILES string of the molecule is CC(C)C[C@@H](OC(=O)C(Cl)Cl)C(=O)O. The Morgan fingerprint density at radius 1 is 1.36 bits per heavy atom. The first-order valence-electron chi connectivity index (χ1n) is 4.06. The zero-order valence-corrected chi connectivity index (χ0v) is 9.38. The fourth-order valence-corrected chi connectivity index (χ4v) is 0.922. The van der Waals surface area contributed by atoms with E-state index in [-0.39, 0.29) is 12.3 Å². The topological polar surface area (TPSA) is 63.6 Å². The van der Waals surface area contributed by atoms with Crippen LogP contribution in [0.25, 0.3) is 0 Å². The van der Waals surface area contributed by atoms with E-state index in [1.54, 1.807) is 0 Å². The summed E-state index contributed by atoms with van der Waals surface area (Å²) in [5, 5.41) is 8.69. The lowest BCUT2D eigenvalue weighted by atomic mass is 10.1. The van der Waals surface area contributed by atoms with Gasteiger partial charge >= 0.3 is 11.9 Å². The minimum atomic E-state index is -1.34. The third-order valence-corrected chi connectivity index (χ3v) is 1.75. The summed E-state index contributed by atoms with van der Waals surface area (Å²) in [6, 6.07) is 0. The fraction of sp³-hybridized carbons (Fsp3) is 0.750. The molecule has 0 fully saturated rings. The van der Waals surface area contributed by atoms with Crippen molar-refractivity contribution in [1.82, 2.24) is 0 Å². The standard InChI is InChI=1S/C8H12Cl2O4/c1-4(2)3-5(7(11)12)14-8(13)6(9)10/h4-6H,3H2,1-2H3,(H,11,12)/t5-/m1/s1. The lowest BCUT2D eigenvalue weighted by Crippen LogP contribution is -2.30. The number of esters is 1. The molecule has 0 aliphatic carbocycles. The number of carbonyl (C=O) groups is 2. The molecule has 0 saturated heterocycles. The molecule has 0 bridgehead atoms. The van der Waals surface area contributed by atoms with Gasteiger partial charge in [-0.1, -0.05) is 37.0 Å². The minimum absolute atomic E-state index is 0.105. The number of rotatable bonds is 5. The van der Waals surface area contributed by atoms with Gasteiger partial charge in [-0.15, -0.1) is 0 Å². The van der Waals surface area contributed by atoms with E-state index in [1.807, 2.05) is 13.8 Å². The highest BCUT2D eigenvalue weighted by atomic mass is 35.5. The number of aliphatic carboxylic acids is 1. The van der Waals surface area contributed by atoms with Crippen LogP contribution < -0.4 is 0 Å². The summed E-state index contributed by atoms with van der Waals surface area (Å²) in [4.78, 5) is 20.2. The molecule has 0 spiro atoms. The van der Waals surface area contributed by atoms with Crippen LogP contribution in [0.1, 0.15) is 20.3 Å². The Hall–Kier alpha value is -0.480. The second-order valence-corrected chi connectivity index (χ2v) is 4.29. The molecule has 6 heteroatoms. The van der Waals surface area contributed by atoms with Crippen LogP contribution in [0.15, 0.2) is 0 Å². The summed E-state index contributed by atoms with van der Waals surface area (Å²) in [7, 11) is 0. The first kappa shape index (κ1) is 13.5. The number of hydrogen-bond acceptors (Lipinski definition) is 3. The fourth-order valence-electron chi connectivity index (χ4n) is 0.819. The third-order valence-electron chi connectivity index (χ3n) is 1.40. The van der Waals surface area contributed by atoms with Gasteiger partial charge in [-0.3, -0.25) is 0 Å². The summed E-state index contributed by atoms with van der Waals surface area (Å²) in [5.41, 5.74) is 0. The summed E-state index contributed by atoms with van der Waals surface area (Å²) in [6.07, 6.45) is -0.941. The van der Waals surface area contributed by atoms with Gasteiger partial charge in [0.25, 0.3) is 0 Å². The smallest absolute Gasteiger partial charge is 0.345 e. The molecule has 0 aromatic heterocycles. The molecule has 0 amide bonds. The maximum atomic E-state index is 10.9. The molecule has 0 aromatic carbocycles. The highest BCUT2D eigenvalue weighted by Gasteiger charge is 2.25. The van der Waals surface area contributed by atoms with Crippen LogP contribution in [0, 0.1) is 5.92 Å². The molecule has 1 atom stereocenters. The molecule has 0 aliphatic rings. The molecule has 0 aliphatic heterocycles. The van der Waals surface area contributed by atoms with E-state index in [1.165, 1.54) is 0 Å². The van der Waals surface area contributed by atoms with Crippen molar-refractivity contribution in [2.75, 3.05) is 0 Å². The number of carboxylic acid groups (broad SMARTS) is 1. The lowest BCUT2D eigenvalue weighted by molar-refractivity contribution is -0.163. The van der Waals surface area contributed by atoms with E-state index in [9.17, 15) is 9.59 Å². The van der Waals surface area contributed by atoms with Gasteiger partial charge < -0.3 is 9.84 Å². The predicted octanol–water partition coefficient (Wildman–Crippen LogP) is 1.83. The van der Waals surface area contributed by atoms with Gasteiger partial charge in [-0.05, 0) is 12.3 Å². The molecule has 0 radical (unpaired) electrons. The van der Waals surface area contributed by atoms with Crippen LogP contribution >= 0.6 is 23.2 Å². The van der Waals surface area contributed by atoms with Gasteiger partial charge in [0.05, 0.1) is 0 Å². The largest absolute Gasteiger partial charge is 0.479 e. The Labute approximate surface area is 92.1 Å².